The molecule has 0 aromatic heterocycles. The van der Waals surface area contributed by atoms with Crippen LogP contribution in [0.4, 0.5) is 0 Å². The standard InChI is InChI=1S/C34H35O8P.Na/c1-21-5-13-31(35)29(17-21)33(37)15-9-25-7-11-27(19-23(25)3)41-43(39,40)42-28-12-8-26(24(4)20-28)10-16-34(38)30-18-22(2)6-14-32(30)36;/h5-8,11-14,17-20,35-36H,9-10,15-16H2,1-4H3,(H,39,40);/q;+1/p-1. The van der Waals surface area contributed by atoms with Gasteiger partial charge >= 0.3 is 37.4 Å². The van der Waals surface area contributed by atoms with Gasteiger partial charge in [0.05, 0.1) is 11.1 Å². The molecule has 0 fully saturated rings. The van der Waals surface area contributed by atoms with E-state index < -0.39 is 7.82 Å². The Morgan fingerprint density at radius 3 is 1.41 bits per heavy atom. The first-order chi connectivity index (χ1) is 20.3. The molecule has 0 bridgehead atoms. The normalized spacial score (nSPS) is 11.0. The second-order valence-electron chi connectivity index (χ2n) is 10.7. The van der Waals surface area contributed by atoms with Gasteiger partial charge < -0.3 is 24.2 Å². The number of carbonyl (C=O) groups excluding carboxylic acids is 2. The zero-order valence-electron chi connectivity index (χ0n) is 25.5. The zero-order chi connectivity index (χ0) is 31.3. The van der Waals surface area contributed by atoms with Crippen molar-refractivity contribution in [1.29, 1.82) is 0 Å². The second-order valence-corrected chi connectivity index (χ2v) is 12.0. The summed E-state index contributed by atoms with van der Waals surface area (Å²) in [5.74, 6) is -0.321. The molecule has 0 saturated heterocycles. The van der Waals surface area contributed by atoms with Gasteiger partial charge in [-0.1, -0.05) is 35.4 Å². The van der Waals surface area contributed by atoms with Crippen molar-refractivity contribution in [2.75, 3.05) is 0 Å². The molecule has 0 spiro atoms. The average Bonchev–Trinajstić information content (AvgIpc) is 2.94. The number of rotatable bonds is 12. The van der Waals surface area contributed by atoms with Gasteiger partial charge in [-0.3, -0.25) is 9.59 Å². The number of aryl methyl sites for hydroxylation is 6. The number of benzene rings is 4. The van der Waals surface area contributed by atoms with E-state index in [9.17, 15) is 29.3 Å². The number of carbonyl (C=O) groups is 2. The van der Waals surface area contributed by atoms with E-state index in [0.717, 1.165) is 33.4 Å². The molecule has 0 unspecified atom stereocenters. The Hall–Kier alpha value is -3.39. The molecule has 8 nitrogen and oxygen atoms in total. The van der Waals surface area contributed by atoms with E-state index in [1.165, 1.54) is 24.3 Å². The van der Waals surface area contributed by atoms with Crippen LogP contribution in [0.25, 0.3) is 0 Å². The number of hydrogen-bond donors (Lipinski definition) is 2. The second kappa shape index (κ2) is 15.1. The number of phosphoric acid groups is 1. The number of phenols is 2. The van der Waals surface area contributed by atoms with Crippen molar-refractivity contribution in [3.05, 3.63) is 117 Å². The minimum atomic E-state index is -4.78. The fourth-order valence-corrected chi connectivity index (χ4v) is 5.58. The predicted molar refractivity (Wildman–Crippen MR) is 162 cm³/mol. The molecular formula is C34H34NaO8P. The molecular weight excluding hydrogens is 590 g/mol. The van der Waals surface area contributed by atoms with Crippen LogP contribution in [0.15, 0.2) is 72.8 Å². The maximum atomic E-state index is 12.7. The SMILES string of the molecule is Cc1ccc(O)c(C(=O)CCc2ccc(OP(=O)([O-])Oc3ccc(CCC(=O)c4cc(C)ccc4O)c(C)c3)cc2C)c1.[Na+]. The van der Waals surface area contributed by atoms with Crippen LogP contribution < -0.4 is 43.5 Å². The Balaban J connectivity index is 0.00000529. The zero-order valence-corrected chi connectivity index (χ0v) is 28.4. The van der Waals surface area contributed by atoms with Crippen LogP contribution in [0.2, 0.25) is 0 Å². The summed E-state index contributed by atoms with van der Waals surface area (Å²) in [6.07, 6.45) is 1.18. The molecule has 0 aliphatic carbocycles. The van der Waals surface area contributed by atoms with Crippen LogP contribution in [-0.2, 0) is 17.4 Å². The predicted octanol–water partition coefficient (Wildman–Crippen LogP) is 3.89. The molecule has 4 rings (SSSR count). The fraction of sp³-hybridized carbons (Fsp3) is 0.235. The molecule has 44 heavy (non-hydrogen) atoms. The molecule has 0 aliphatic heterocycles. The Kier molecular flexibility index (Phi) is 12.0. The van der Waals surface area contributed by atoms with Crippen LogP contribution in [0.3, 0.4) is 0 Å². The number of hydrogen-bond acceptors (Lipinski definition) is 8. The Morgan fingerprint density at radius 2 is 1.05 bits per heavy atom. The molecule has 4 aromatic rings. The third-order valence-electron chi connectivity index (χ3n) is 7.21. The van der Waals surface area contributed by atoms with Crippen molar-refractivity contribution >= 4 is 19.4 Å². The summed E-state index contributed by atoms with van der Waals surface area (Å²) in [7, 11) is -4.78. The van der Waals surface area contributed by atoms with Gasteiger partial charge in [0.15, 0.2) is 11.6 Å². The topological polar surface area (TPSA) is 133 Å². The van der Waals surface area contributed by atoms with E-state index in [1.54, 1.807) is 62.4 Å². The number of ketones is 2. The molecule has 10 heteroatoms. The first-order valence-corrected chi connectivity index (χ1v) is 15.3. The molecule has 0 aliphatic rings. The average molecular weight is 625 g/mol. The molecule has 224 valence electrons. The van der Waals surface area contributed by atoms with Crippen molar-refractivity contribution in [2.24, 2.45) is 0 Å². The Labute approximate surface area is 279 Å². The van der Waals surface area contributed by atoms with Gasteiger partial charge in [0, 0.05) is 12.8 Å². The number of phenolic OH excluding ortho intramolecular Hbond substituents is 2. The monoisotopic (exact) mass is 624 g/mol. The largest absolute Gasteiger partial charge is 1.00 e. The summed E-state index contributed by atoms with van der Waals surface area (Å²) >= 11 is 0. The Bertz CT molecular complexity index is 1610. The van der Waals surface area contributed by atoms with Crippen LogP contribution in [0.1, 0.15) is 66.9 Å². The third-order valence-corrected chi connectivity index (χ3v) is 8.08. The van der Waals surface area contributed by atoms with E-state index in [-0.39, 0.29) is 88.1 Å². The smallest absolute Gasteiger partial charge is 0.736 e. The van der Waals surface area contributed by atoms with Gasteiger partial charge in [-0.05, 0) is 111 Å². The molecule has 0 atom stereocenters. The van der Waals surface area contributed by atoms with Crippen molar-refractivity contribution < 1.29 is 67.9 Å². The number of phosphoric ester groups is 1. The summed E-state index contributed by atoms with van der Waals surface area (Å²) in [6.45, 7) is 7.28. The first-order valence-electron chi connectivity index (χ1n) is 13.9. The minimum Gasteiger partial charge on any atom is -0.736 e. The van der Waals surface area contributed by atoms with Crippen LogP contribution >= 0.6 is 7.82 Å². The van der Waals surface area contributed by atoms with Crippen LogP contribution in [-0.4, -0.2) is 21.8 Å². The summed E-state index contributed by atoms with van der Waals surface area (Å²) < 4.78 is 23.1. The van der Waals surface area contributed by atoms with E-state index in [1.807, 2.05) is 13.8 Å². The molecule has 0 amide bonds. The molecule has 0 saturated carbocycles. The maximum Gasteiger partial charge on any atom is 1.00 e. The van der Waals surface area contributed by atoms with Gasteiger partial charge in [-0.15, -0.1) is 0 Å². The van der Waals surface area contributed by atoms with Gasteiger partial charge in [-0.2, -0.15) is 0 Å². The summed E-state index contributed by atoms with van der Waals surface area (Å²) in [6, 6.07) is 19.3. The summed E-state index contributed by atoms with van der Waals surface area (Å²) in [5, 5.41) is 20.0. The van der Waals surface area contributed by atoms with Crippen LogP contribution in [0, 0.1) is 27.7 Å². The van der Waals surface area contributed by atoms with Crippen molar-refractivity contribution in [3.63, 3.8) is 0 Å². The third kappa shape index (κ3) is 9.31. The van der Waals surface area contributed by atoms with E-state index >= 15 is 0 Å². The van der Waals surface area contributed by atoms with E-state index in [4.69, 9.17) is 9.05 Å². The van der Waals surface area contributed by atoms with E-state index in [0.29, 0.717) is 12.8 Å². The van der Waals surface area contributed by atoms with Crippen LogP contribution in [0.5, 0.6) is 23.0 Å². The molecule has 0 radical (unpaired) electrons. The van der Waals surface area contributed by atoms with Crippen molar-refractivity contribution in [3.8, 4) is 23.0 Å². The quantitative estimate of drug-likeness (QED) is 0.138. The number of Topliss-reactive ketones (excluding diaryl/α,β-unsaturated/α-hetero) is 2. The van der Waals surface area contributed by atoms with Crippen molar-refractivity contribution in [2.45, 2.75) is 53.4 Å². The summed E-state index contributed by atoms with van der Waals surface area (Å²) in [5.41, 5.74) is 5.49. The molecule has 4 aromatic carbocycles. The van der Waals surface area contributed by atoms with Gasteiger partial charge in [0.1, 0.15) is 23.0 Å². The fourth-order valence-electron chi connectivity index (χ4n) is 4.80. The summed E-state index contributed by atoms with van der Waals surface area (Å²) in [4.78, 5) is 37.9. The van der Waals surface area contributed by atoms with E-state index in [2.05, 4.69) is 0 Å². The van der Waals surface area contributed by atoms with Gasteiger partial charge in [-0.25, -0.2) is 4.57 Å². The van der Waals surface area contributed by atoms with Gasteiger partial charge in [0.2, 0.25) is 0 Å². The molecule has 2 N–H and O–H groups in total. The number of aromatic hydroxyl groups is 2. The first kappa shape index (κ1) is 35.1. The Morgan fingerprint density at radius 1 is 0.659 bits per heavy atom. The van der Waals surface area contributed by atoms with Crippen molar-refractivity contribution in [1.82, 2.24) is 0 Å². The van der Waals surface area contributed by atoms with Gasteiger partial charge in [0.25, 0.3) is 0 Å². The minimum absolute atomic E-state index is 0. The molecule has 0 heterocycles. The maximum absolute atomic E-state index is 12.7.